The predicted molar refractivity (Wildman–Crippen MR) is 103 cm³/mol. The molecule has 8 heteroatoms. The number of rotatable bonds is 4. The lowest BCUT2D eigenvalue weighted by molar-refractivity contribution is -0.419. The standard InChI is InChI=1S/C19H21N3O4S/c23-22(24)18-5-7-19(8-6-18)27(25,26)21-11-9-17(10-12-21)20-13-15-3-1-2-4-16(15)14-20/h1-7,13-14,17,19H,8-12H2. The summed E-state index contributed by atoms with van der Waals surface area (Å²) in [5.41, 5.74) is -0.0418. The normalized spacial score (nSPS) is 22.1. The minimum atomic E-state index is -3.49. The smallest absolute Gasteiger partial charge is 0.265 e. The van der Waals surface area contributed by atoms with Crippen molar-refractivity contribution in [2.45, 2.75) is 30.6 Å². The van der Waals surface area contributed by atoms with Crippen LogP contribution in [0.15, 0.2) is 60.6 Å². The molecule has 0 bridgehead atoms. The molecule has 2 heterocycles. The number of nitrogens with zero attached hydrogens (tertiary/aromatic N) is 3. The molecule has 0 amide bonds. The Kier molecular flexibility index (Phi) is 4.61. The number of hydrogen-bond acceptors (Lipinski definition) is 4. The van der Waals surface area contributed by atoms with Crippen molar-refractivity contribution in [1.82, 2.24) is 8.87 Å². The Bertz CT molecular complexity index is 997. The molecular weight excluding hydrogens is 366 g/mol. The first-order valence-corrected chi connectivity index (χ1v) is 10.5. The lowest BCUT2D eigenvalue weighted by atomic mass is 10.1. The zero-order chi connectivity index (χ0) is 19.0. The molecule has 2 aliphatic rings. The summed E-state index contributed by atoms with van der Waals surface area (Å²) in [7, 11) is -3.49. The first kappa shape index (κ1) is 17.9. The average Bonchev–Trinajstić information content (AvgIpc) is 3.12. The molecule has 1 atom stereocenters. The van der Waals surface area contributed by atoms with Gasteiger partial charge in [-0.05, 0) is 36.1 Å². The Hall–Kier alpha value is -2.45. The van der Waals surface area contributed by atoms with E-state index in [0.29, 0.717) is 13.1 Å². The molecule has 1 aromatic carbocycles. The van der Waals surface area contributed by atoms with Crippen molar-refractivity contribution in [3.63, 3.8) is 0 Å². The number of fused-ring (bicyclic) bond motifs is 1. The van der Waals surface area contributed by atoms with Crippen LogP contribution in [0.5, 0.6) is 0 Å². The van der Waals surface area contributed by atoms with Crippen LogP contribution in [0, 0.1) is 10.1 Å². The highest BCUT2D eigenvalue weighted by atomic mass is 32.2. The van der Waals surface area contributed by atoms with E-state index in [2.05, 4.69) is 29.1 Å². The van der Waals surface area contributed by atoms with E-state index in [1.807, 2.05) is 12.1 Å². The number of piperidine rings is 1. The molecule has 1 unspecified atom stereocenters. The number of hydrogen-bond donors (Lipinski definition) is 0. The summed E-state index contributed by atoms with van der Waals surface area (Å²) in [5, 5.41) is 12.4. The number of nitro groups is 1. The van der Waals surface area contributed by atoms with Crippen molar-refractivity contribution in [2.75, 3.05) is 13.1 Å². The second-order valence-electron chi connectivity index (χ2n) is 7.03. The molecule has 0 N–H and O–H groups in total. The summed E-state index contributed by atoms with van der Waals surface area (Å²) in [6.45, 7) is 0.940. The third-order valence-electron chi connectivity index (χ3n) is 5.41. The van der Waals surface area contributed by atoms with E-state index in [4.69, 9.17) is 0 Å². The molecule has 4 rings (SSSR count). The van der Waals surface area contributed by atoms with E-state index in [9.17, 15) is 18.5 Å². The third kappa shape index (κ3) is 3.42. The maximum atomic E-state index is 12.9. The van der Waals surface area contributed by atoms with Gasteiger partial charge >= 0.3 is 0 Å². The van der Waals surface area contributed by atoms with E-state index in [-0.39, 0.29) is 18.2 Å². The maximum absolute atomic E-state index is 12.9. The Morgan fingerprint density at radius 2 is 1.70 bits per heavy atom. The highest BCUT2D eigenvalue weighted by molar-refractivity contribution is 7.89. The molecule has 1 aromatic heterocycles. The van der Waals surface area contributed by atoms with Crippen LogP contribution in [0.1, 0.15) is 25.3 Å². The van der Waals surface area contributed by atoms with Gasteiger partial charge in [0.25, 0.3) is 5.70 Å². The topological polar surface area (TPSA) is 85.4 Å². The summed E-state index contributed by atoms with van der Waals surface area (Å²) in [4.78, 5) is 10.3. The quantitative estimate of drug-likeness (QED) is 0.596. The van der Waals surface area contributed by atoms with Crippen LogP contribution >= 0.6 is 0 Å². The Balaban J connectivity index is 1.43. The number of aromatic nitrogens is 1. The number of allylic oxidation sites excluding steroid dienone is 2. The molecule has 7 nitrogen and oxygen atoms in total. The Morgan fingerprint density at radius 1 is 1.07 bits per heavy atom. The zero-order valence-electron chi connectivity index (χ0n) is 14.8. The van der Waals surface area contributed by atoms with Crippen molar-refractivity contribution in [1.29, 1.82) is 0 Å². The van der Waals surface area contributed by atoms with Crippen LogP contribution in [0.4, 0.5) is 0 Å². The van der Waals surface area contributed by atoms with Gasteiger partial charge in [0, 0.05) is 37.6 Å². The molecular formula is C19H21N3O4S. The van der Waals surface area contributed by atoms with E-state index >= 15 is 0 Å². The summed E-state index contributed by atoms with van der Waals surface area (Å²) in [5.74, 6) is 0. The second kappa shape index (κ2) is 6.94. The van der Waals surface area contributed by atoms with Gasteiger partial charge in [-0.25, -0.2) is 12.7 Å². The van der Waals surface area contributed by atoms with Gasteiger partial charge in [-0.3, -0.25) is 10.1 Å². The molecule has 142 valence electrons. The van der Waals surface area contributed by atoms with Gasteiger partial charge in [-0.2, -0.15) is 0 Å². The fourth-order valence-corrected chi connectivity index (χ4v) is 5.57. The summed E-state index contributed by atoms with van der Waals surface area (Å²) in [6.07, 6.45) is 10.0. The molecule has 1 aliphatic heterocycles. The maximum Gasteiger partial charge on any atom is 0.265 e. The van der Waals surface area contributed by atoms with Crippen LogP contribution < -0.4 is 0 Å². The van der Waals surface area contributed by atoms with Crippen molar-refractivity contribution in [3.8, 4) is 0 Å². The van der Waals surface area contributed by atoms with Gasteiger partial charge in [-0.1, -0.05) is 30.3 Å². The molecule has 1 aliphatic carbocycles. The first-order valence-electron chi connectivity index (χ1n) is 9.03. The van der Waals surface area contributed by atoms with E-state index in [1.54, 1.807) is 0 Å². The molecule has 0 saturated carbocycles. The largest absolute Gasteiger partial charge is 0.350 e. The summed E-state index contributed by atoms with van der Waals surface area (Å²) >= 11 is 0. The van der Waals surface area contributed by atoms with Gasteiger partial charge < -0.3 is 4.57 Å². The van der Waals surface area contributed by atoms with Crippen molar-refractivity contribution in [3.05, 3.63) is 70.7 Å². The molecule has 2 aromatic rings. The van der Waals surface area contributed by atoms with Crippen LogP contribution in [-0.4, -0.2) is 40.6 Å². The van der Waals surface area contributed by atoms with Gasteiger partial charge in [0.1, 0.15) is 0 Å². The fourth-order valence-electron chi connectivity index (χ4n) is 3.85. The Morgan fingerprint density at radius 3 is 2.22 bits per heavy atom. The third-order valence-corrected chi connectivity index (χ3v) is 7.61. The van der Waals surface area contributed by atoms with Crippen molar-refractivity contribution >= 4 is 20.8 Å². The minimum absolute atomic E-state index is 0.0418. The van der Waals surface area contributed by atoms with Crippen LogP contribution in [0.3, 0.4) is 0 Å². The lowest BCUT2D eigenvalue weighted by Gasteiger charge is -2.33. The minimum Gasteiger partial charge on any atom is -0.350 e. The molecule has 0 spiro atoms. The average molecular weight is 387 g/mol. The predicted octanol–water partition coefficient (Wildman–Crippen LogP) is 3.10. The number of sulfonamides is 1. The second-order valence-corrected chi connectivity index (χ2v) is 9.18. The molecule has 27 heavy (non-hydrogen) atoms. The van der Waals surface area contributed by atoms with Crippen molar-refractivity contribution < 1.29 is 13.3 Å². The summed E-state index contributed by atoms with van der Waals surface area (Å²) < 4.78 is 29.5. The van der Waals surface area contributed by atoms with Gasteiger partial charge in [0.2, 0.25) is 10.0 Å². The van der Waals surface area contributed by atoms with Crippen LogP contribution in [0.25, 0.3) is 10.8 Å². The van der Waals surface area contributed by atoms with Gasteiger partial charge in [0.15, 0.2) is 0 Å². The molecule has 1 fully saturated rings. The van der Waals surface area contributed by atoms with Crippen LogP contribution in [-0.2, 0) is 10.0 Å². The highest BCUT2D eigenvalue weighted by Gasteiger charge is 2.35. The van der Waals surface area contributed by atoms with Crippen LogP contribution in [0.2, 0.25) is 0 Å². The van der Waals surface area contributed by atoms with Gasteiger partial charge in [-0.15, -0.1) is 0 Å². The van der Waals surface area contributed by atoms with E-state index in [1.165, 1.54) is 33.3 Å². The number of benzene rings is 1. The van der Waals surface area contributed by atoms with E-state index < -0.39 is 20.2 Å². The summed E-state index contributed by atoms with van der Waals surface area (Å²) in [6, 6.07) is 8.46. The molecule has 1 saturated heterocycles. The molecule has 0 radical (unpaired) electrons. The highest BCUT2D eigenvalue weighted by Crippen LogP contribution is 2.29. The first-order chi connectivity index (χ1) is 12.9. The SMILES string of the molecule is O=[N+]([O-])C1=CCC(S(=O)(=O)N2CCC(n3cc4ccccc4c3)CC2)C=C1. The zero-order valence-corrected chi connectivity index (χ0v) is 15.6. The van der Waals surface area contributed by atoms with Gasteiger partial charge in [0.05, 0.1) is 10.2 Å². The Labute approximate surface area is 157 Å². The fraction of sp³-hybridized carbons (Fsp3) is 0.368. The van der Waals surface area contributed by atoms with E-state index in [0.717, 1.165) is 12.8 Å². The van der Waals surface area contributed by atoms with Crippen molar-refractivity contribution in [2.24, 2.45) is 0 Å². The lowest BCUT2D eigenvalue weighted by Crippen LogP contribution is -2.43. The monoisotopic (exact) mass is 387 g/mol.